The average molecular weight is 358 g/mol. The van der Waals surface area contributed by atoms with Gasteiger partial charge in [-0.3, -0.25) is 4.79 Å². The van der Waals surface area contributed by atoms with Gasteiger partial charge in [0.05, 0.1) is 10.6 Å². The van der Waals surface area contributed by atoms with Crippen LogP contribution in [0.4, 0.5) is 0 Å². The molecule has 0 spiro atoms. The van der Waals surface area contributed by atoms with Crippen LogP contribution in [0.5, 0.6) is 0 Å². The molecule has 0 bridgehead atoms. The first kappa shape index (κ1) is 15.2. The molecule has 21 heavy (non-hydrogen) atoms. The van der Waals surface area contributed by atoms with Crippen LogP contribution in [0, 0.1) is 6.92 Å². The van der Waals surface area contributed by atoms with E-state index in [4.69, 9.17) is 23.2 Å². The lowest BCUT2D eigenvalue weighted by molar-refractivity contribution is 0.0762. The summed E-state index contributed by atoms with van der Waals surface area (Å²) in [6, 6.07) is 9.22. The monoisotopic (exact) mass is 357 g/mol. The zero-order chi connectivity index (χ0) is 15.0. The van der Waals surface area contributed by atoms with E-state index in [-0.39, 0.29) is 11.3 Å². The highest BCUT2D eigenvalue weighted by Crippen LogP contribution is 2.42. The molecule has 2 aromatic rings. The van der Waals surface area contributed by atoms with Gasteiger partial charge in [0.25, 0.3) is 5.91 Å². The van der Waals surface area contributed by atoms with E-state index in [9.17, 15) is 4.79 Å². The number of nitrogens with zero attached hydrogens (tertiary/aromatic N) is 1. The van der Waals surface area contributed by atoms with E-state index < -0.39 is 0 Å². The summed E-state index contributed by atoms with van der Waals surface area (Å²) in [6.07, 6.45) is 0. The molecule has 3 rings (SSSR count). The van der Waals surface area contributed by atoms with Gasteiger partial charge in [0.15, 0.2) is 0 Å². The second kappa shape index (κ2) is 6.21. The van der Waals surface area contributed by atoms with Crippen molar-refractivity contribution in [3.63, 3.8) is 0 Å². The van der Waals surface area contributed by atoms with E-state index in [1.165, 1.54) is 9.75 Å². The van der Waals surface area contributed by atoms with Crippen LogP contribution in [0.1, 0.15) is 25.5 Å². The number of rotatable bonds is 2. The van der Waals surface area contributed by atoms with Crippen molar-refractivity contribution < 1.29 is 4.79 Å². The molecule has 6 heteroatoms. The Bertz CT molecular complexity index is 686. The Morgan fingerprint density at radius 2 is 2.10 bits per heavy atom. The molecule has 0 N–H and O–H groups in total. The lowest BCUT2D eigenvalue weighted by Gasteiger charge is -2.23. The summed E-state index contributed by atoms with van der Waals surface area (Å²) in [5.41, 5.74) is 0.516. The van der Waals surface area contributed by atoms with Crippen LogP contribution in [0.15, 0.2) is 30.3 Å². The number of carbonyl (C=O) groups excluding carboxylic acids is 1. The van der Waals surface area contributed by atoms with Crippen molar-refractivity contribution in [3.8, 4) is 0 Å². The number of thiophene rings is 1. The largest absolute Gasteiger partial charge is 0.321 e. The lowest BCUT2D eigenvalue weighted by atomic mass is 10.2. The minimum atomic E-state index is -0.0299. The van der Waals surface area contributed by atoms with E-state index in [0.717, 1.165) is 12.3 Å². The van der Waals surface area contributed by atoms with E-state index in [1.807, 2.05) is 4.90 Å². The number of thioether (sulfide) groups is 1. The second-order valence-electron chi connectivity index (χ2n) is 4.79. The predicted octanol–water partition coefficient (Wildman–Crippen LogP) is 5.25. The Kier molecular flexibility index (Phi) is 4.50. The molecule has 0 radical (unpaired) electrons. The molecule has 0 aliphatic carbocycles. The van der Waals surface area contributed by atoms with Crippen LogP contribution in [-0.2, 0) is 0 Å². The first-order valence-corrected chi connectivity index (χ1v) is 9.12. The molecule has 1 aliphatic rings. The maximum Gasteiger partial charge on any atom is 0.256 e. The summed E-state index contributed by atoms with van der Waals surface area (Å²) in [5.74, 6) is 0.913. The maximum absolute atomic E-state index is 12.8. The maximum atomic E-state index is 12.8. The number of aryl methyl sites for hydroxylation is 1. The van der Waals surface area contributed by atoms with Crippen molar-refractivity contribution >= 4 is 52.2 Å². The summed E-state index contributed by atoms with van der Waals surface area (Å²) >= 11 is 15.6. The molecule has 110 valence electrons. The quantitative estimate of drug-likeness (QED) is 0.731. The Morgan fingerprint density at radius 3 is 2.76 bits per heavy atom. The Balaban J connectivity index is 1.89. The highest BCUT2D eigenvalue weighted by Gasteiger charge is 2.32. The van der Waals surface area contributed by atoms with Gasteiger partial charge in [-0.15, -0.1) is 23.1 Å². The zero-order valence-corrected chi connectivity index (χ0v) is 14.5. The SMILES string of the molecule is Cc1ccc([C@@H]2SCCN2C(=O)c2ccc(Cl)cc2Cl)s1. The van der Waals surface area contributed by atoms with Crippen molar-refractivity contribution in [2.45, 2.75) is 12.3 Å². The lowest BCUT2D eigenvalue weighted by Crippen LogP contribution is -2.30. The van der Waals surface area contributed by atoms with Gasteiger partial charge in [-0.25, -0.2) is 0 Å². The molecule has 1 atom stereocenters. The third kappa shape index (κ3) is 3.09. The molecule has 2 heterocycles. The van der Waals surface area contributed by atoms with Gasteiger partial charge in [-0.05, 0) is 37.3 Å². The molecule has 2 nitrogen and oxygen atoms in total. The van der Waals surface area contributed by atoms with E-state index >= 15 is 0 Å². The Labute approximate surface area is 142 Å². The summed E-state index contributed by atoms with van der Waals surface area (Å²) in [4.78, 5) is 17.1. The van der Waals surface area contributed by atoms with Gasteiger partial charge < -0.3 is 4.90 Å². The zero-order valence-electron chi connectivity index (χ0n) is 11.3. The van der Waals surface area contributed by atoms with Crippen LogP contribution < -0.4 is 0 Å². The summed E-state index contributed by atoms with van der Waals surface area (Å²) < 4.78 is 0. The predicted molar refractivity (Wildman–Crippen MR) is 91.8 cm³/mol. The highest BCUT2D eigenvalue weighted by atomic mass is 35.5. The summed E-state index contributed by atoms with van der Waals surface area (Å²) in [5, 5.41) is 1.03. The van der Waals surface area contributed by atoms with Gasteiger partial charge in [0, 0.05) is 27.1 Å². The fourth-order valence-corrected chi connectivity index (χ4v) is 5.18. The summed E-state index contributed by atoms with van der Waals surface area (Å²) in [7, 11) is 0. The van der Waals surface area contributed by atoms with Crippen molar-refractivity contribution in [3.05, 3.63) is 55.7 Å². The number of hydrogen-bond donors (Lipinski definition) is 0. The van der Waals surface area contributed by atoms with Gasteiger partial charge in [-0.2, -0.15) is 0 Å². The number of amides is 1. The fourth-order valence-electron chi connectivity index (χ4n) is 2.32. The number of carbonyl (C=O) groups is 1. The van der Waals surface area contributed by atoms with Crippen LogP contribution in [-0.4, -0.2) is 23.1 Å². The van der Waals surface area contributed by atoms with Crippen LogP contribution in [0.3, 0.4) is 0 Å². The molecular weight excluding hydrogens is 345 g/mol. The number of halogens is 2. The molecule has 0 saturated carbocycles. The molecule has 1 aromatic carbocycles. The van der Waals surface area contributed by atoms with Gasteiger partial charge in [0.2, 0.25) is 0 Å². The highest BCUT2D eigenvalue weighted by molar-refractivity contribution is 7.99. The third-order valence-electron chi connectivity index (χ3n) is 3.32. The van der Waals surface area contributed by atoms with E-state index in [2.05, 4.69) is 19.1 Å². The summed E-state index contributed by atoms with van der Waals surface area (Å²) in [6.45, 7) is 2.82. The van der Waals surface area contributed by atoms with Crippen molar-refractivity contribution in [2.24, 2.45) is 0 Å². The van der Waals surface area contributed by atoms with Crippen LogP contribution >= 0.6 is 46.3 Å². The third-order valence-corrected chi connectivity index (χ3v) is 6.31. The van der Waals surface area contributed by atoms with Gasteiger partial charge >= 0.3 is 0 Å². The van der Waals surface area contributed by atoms with Crippen molar-refractivity contribution in [2.75, 3.05) is 12.3 Å². The average Bonchev–Trinajstić information content (AvgIpc) is 3.06. The number of hydrogen-bond acceptors (Lipinski definition) is 3. The fraction of sp³-hybridized carbons (Fsp3) is 0.267. The first-order chi connectivity index (χ1) is 10.1. The minimum Gasteiger partial charge on any atom is -0.321 e. The van der Waals surface area contributed by atoms with Gasteiger partial charge in [0.1, 0.15) is 5.37 Å². The normalized spacial score (nSPS) is 18.2. The molecule has 0 unspecified atom stereocenters. The van der Waals surface area contributed by atoms with Crippen molar-refractivity contribution in [1.82, 2.24) is 4.90 Å². The smallest absolute Gasteiger partial charge is 0.256 e. The molecular formula is C15H13Cl2NOS2. The second-order valence-corrected chi connectivity index (χ2v) is 8.15. The molecule has 1 amide bonds. The molecule has 1 aromatic heterocycles. The molecule has 1 aliphatic heterocycles. The number of benzene rings is 1. The molecule has 1 fully saturated rings. The Hall–Kier alpha value is -0.680. The Morgan fingerprint density at radius 1 is 1.29 bits per heavy atom. The van der Waals surface area contributed by atoms with Gasteiger partial charge in [-0.1, -0.05) is 23.2 Å². The van der Waals surface area contributed by atoms with Crippen molar-refractivity contribution in [1.29, 1.82) is 0 Å². The topological polar surface area (TPSA) is 20.3 Å². The first-order valence-electron chi connectivity index (χ1n) is 6.50. The van der Waals surface area contributed by atoms with Crippen LogP contribution in [0.2, 0.25) is 10.0 Å². The standard InChI is InChI=1S/C15H13Cl2NOS2/c1-9-2-5-13(21-9)15-18(6-7-20-15)14(19)11-4-3-10(16)8-12(11)17/h2-5,8,15H,6-7H2,1H3/t15-/m0/s1. The minimum absolute atomic E-state index is 0.0299. The molecule has 1 saturated heterocycles. The van der Waals surface area contributed by atoms with Crippen LogP contribution in [0.25, 0.3) is 0 Å². The van der Waals surface area contributed by atoms with E-state index in [0.29, 0.717) is 15.6 Å². The van der Waals surface area contributed by atoms with E-state index in [1.54, 1.807) is 41.3 Å².